The lowest BCUT2D eigenvalue weighted by Gasteiger charge is -1.96. The summed E-state index contributed by atoms with van der Waals surface area (Å²) < 4.78 is 0. The first-order chi connectivity index (χ1) is 6.43. The monoisotopic (exact) mass is 201 g/mol. The van der Waals surface area contributed by atoms with Gasteiger partial charge in [-0.3, -0.25) is 9.78 Å². The second-order valence-corrected chi connectivity index (χ2v) is 2.14. The highest BCUT2D eigenvalue weighted by atomic mass is 16.6. The average Bonchev–Trinajstić information content (AvgIpc) is 2.02. The van der Waals surface area contributed by atoms with Gasteiger partial charge in [-0.2, -0.15) is 0 Å². The maximum atomic E-state index is 10.8. The van der Waals surface area contributed by atoms with Crippen molar-refractivity contribution in [1.29, 1.82) is 0 Å². The van der Waals surface area contributed by atoms with Gasteiger partial charge in [0.15, 0.2) is 0 Å². The zero-order chi connectivity index (χ0) is 10.9. The first-order valence-corrected chi connectivity index (χ1v) is 3.12. The van der Waals surface area contributed by atoms with Crippen molar-refractivity contribution < 1.29 is 9.85 Å². The van der Waals surface area contributed by atoms with Crippen LogP contribution in [0.15, 0.2) is 4.79 Å². The van der Waals surface area contributed by atoms with Gasteiger partial charge in [-0.25, -0.2) is 0 Å². The maximum absolute atomic E-state index is 10.8. The van der Waals surface area contributed by atoms with Crippen LogP contribution in [0, 0.1) is 20.2 Å². The Balaban J connectivity index is 3.50. The zero-order valence-corrected chi connectivity index (χ0v) is 6.46. The molecule has 1 aromatic rings. The van der Waals surface area contributed by atoms with Crippen LogP contribution in [0.25, 0.3) is 0 Å². The Morgan fingerprint density at radius 2 is 1.71 bits per heavy atom. The minimum atomic E-state index is -1.18. The molecule has 0 atom stereocenters. The molecule has 3 N–H and O–H groups in total. The summed E-state index contributed by atoms with van der Waals surface area (Å²) in [6.07, 6.45) is 0. The minimum Gasteiger partial charge on any atom is -0.378 e. The topological polar surface area (TPSA) is 158 Å². The molecule has 14 heavy (non-hydrogen) atoms. The van der Waals surface area contributed by atoms with Crippen molar-refractivity contribution in [3.63, 3.8) is 0 Å². The molecular weight excluding hydrogens is 198 g/mol. The Morgan fingerprint density at radius 3 is 2.14 bits per heavy atom. The molecular formula is C4H3N5O5. The molecule has 0 bridgehead atoms. The summed E-state index contributed by atoms with van der Waals surface area (Å²) in [4.78, 5) is 33.7. The molecule has 0 aliphatic carbocycles. The van der Waals surface area contributed by atoms with Crippen LogP contribution in [-0.2, 0) is 0 Å². The van der Waals surface area contributed by atoms with E-state index < -0.39 is 32.9 Å². The predicted octanol–water partition coefficient (Wildman–Crippen LogP) is -0.831. The summed E-state index contributed by atoms with van der Waals surface area (Å²) in [5, 5.41) is 20.4. The van der Waals surface area contributed by atoms with E-state index in [1.165, 1.54) is 0 Å². The van der Waals surface area contributed by atoms with Gasteiger partial charge in [0.05, 0.1) is 0 Å². The molecule has 1 rings (SSSR count). The van der Waals surface area contributed by atoms with Gasteiger partial charge >= 0.3 is 17.2 Å². The fourth-order valence-corrected chi connectivity index (χ4v) is 0.708. The van der Waals surface area contributed by atoms with Crippen molar-refractivity contribution in [3.05, 3.63) is 30.6 Å². The van der Waals surface area contributed by atoms with Gasteiger partial charge in [-0.05, 0) is 9.85 Å². The van der Waals surface area contributed by atoms with E-state index in [2.05, 4.69) is 4.98 Å². The molecule has 1 heterocycles. The van der Waals surface area contributed by atoms with E-state index in [9.17, 15) is 25.0 Å². The molecule has 0 saturated carbocycles. The number of nitrogens with zero attached hydrogens (tertiary/aromatic N) is 3. The van der Waals surface area contributed by atoms with Crippen LogP contribution in [0.3, 0.4) is 0 Å². The molecule has 10 heteroatoms. The van der Waals surface area contributed by atoms with Crippen molar-refractivity contribution in [2.45, 2.75) is 0 Å². The molecule has 10 nitrogen and oxygen atoms in total. The summed E-state index contributed by atoms with van der Waals surface area (Å²) in [6, 6.07) is 0. The molecule has 0 spiro atoms. The van der Waals surface area contributed by atoms with Crippen LogP contribution >= 0.6 is 0 Å². The van der Waals surface area contributed by atoms with Gasteiger partial charge in [-0.1, -0.05) is 0 Å². The fraction of sp³-hybridized carbons (Fsp3) is 0. The third-order valence-electron chi connectivity index (χ3n) is 1.25. The van der Waals surface area contributed by atoms with E-state index in [0.717, 1.165) is 0 Å². The van der Waals surface area contributed by atoms with Crippen LogP contribution in [0.5, 0.6) is 0 Å². The summed E-state index contributed by atoms with van der Waals surface area (Å²) in [5.74, 6) is -2.73. The van der Waals surface area contributed by atoms with Gasteiger partial charge in [0.1, 0.15) is 0 Å². The van der Waals surface area contributed by atoms with Crippen molar-refractivity contribution in [3.8, 4) is 0 Å². The molecule has 0 aliphatic rings. The largest absolute Gasteiger partial charge is 0.434 e. The molecule has 0 saturated heterocycles. The molecule has 0 unspecified atom stereocenters. The van der Waals surface area contributed by atoms with Crippen molar-refractivity contribution >= 4 is 17.5 Å². The van der Waals surface area contributed by atoms with Crippen LogP contribution in [0.4, 0.5) is 17.5 Å². The molecule has 1 aromatic heterocycles. The number of nitro groups is 2. The molecule has 0 radical (unpaired) electrons. The number of aromatic nitrogens is 2. The van der Waals surface area contributed by atoms with Crippen LogP contribution < -0.4 is 11.3 Å². The number of H-pyrrole nitrogens is 1. The number of hydrogen-bond acceptors (Lipinski definition) is 7. The molecule has 0 amide bonds. The maximum Gasteiger partial charge on any atom is 0.434 e. The lowest BCUT2D eigenvalue weighted by atomic mass is 10.5. The van der Waals surface area contributed by atoms with E-state index in [1.54, 1.807) is 4.98 Å². The van der Waals surface area contributed by atoms with E-state index in [1.807, 2.05) is 0 Å². The summed E-state index contributed by atoms with van der Waals surface area (Å²) in [6.45, 7) is 0. The summed E-state index contributed by atoms with van der Waals surface area (Å²) in [7, 11) is 0. The van der Waals surface area contributed by atoms with Crippen LogP contribution in [0.2, 0.25) is 0 Å². The fourth-order valence-electron chi connectivity index (χ4n) is 0.708. The summed E-state index contributed by atoms with van der Waals surface area (Å²) >= 11 is 0. The number of nitrogens with two attached hydrogens (primary N) is 1. The Kier molecular flexibility index (Phi) is 2.11. The first-order valence-electron chi connectivity index (χ1n) is 3.12. The lowest BCUT2D eigenvalue weighted by molar-refractivity contribution is -0.403. The number of aromatic amines is 1. The van der Waals surface area contributed by atoms with E-state index in [4.69, 9.17) is 5.73 Å². The Hall–Kier alpha value is -2.52. The molecule has 0 fully saturated rings. The lowest BCUT2D eigenvalue weighted by Crippen LogP contribution is -2.17. The number of rotatable bonds is 2. The van der Waals surface area contributed by atoms with Gasteiger partial charge < -0.3 is 26.0 Å². The minimum absolute atomic E-state index is 0.620. The van der Waals surface area contributed by atoms with Gasteiger partial charge in [0.2, 0.25) is 5.82 Å². The van der Waals surface area contributed by atoms with Crippen LogP contribution in [0.1, 0.15) is 0 Å². The number of anilines is 1. The highest BCUT2D eigenvalue weighted by Crippen LogP contribution is 2.14. The SMILES string of the molecule is Nc1[nH]c(=O)c([N+](=O)[O-])nc1[N+](=O)[O-]. The van der Waals surface area contributed by atoms with E-state index in [0.29, 0.717) is 0 Å². The standard InChI is InChI=1S/C4H3N5O5/c5-1-2(8(11)12)7-3(9(13)14)4(10)6-1/h(H3,5,6,10). The van der Waals surface area contributed by atoms with Gasteiger partial charge in [-0.15, -0.1) is 0 Å². The zero-order valence-electron chi connectivity index (χ0n) is 6.46. The predicted molar refractivity (Wildman–Crippen MR) is 42.6 cm³/mol. The first kappa shape index (κ1) is 9.57. The highest BCUT2D eigenvalue weighted by molar-refractivity contribution is 5.47. The molecule has 0 aliphatic heterocycles. The second kappa shape index (κ2) is 3.08. The average molecular weight is 201 g/mol. The van der Waals surface area contributed by atoms with Crippen molar-refractivity contribution in [2.24, 2.45) is 0 Å². The smallest absolute Gasteiger partial charge is 0.378 e. The van der Waals surface area contributed by atoms with E-state index >= 15 is 0 Å². The third kappa shape index (κ3) is 1.48. The van der Waals surface area contributed by atoms with Gasteiger partial charge in [0.25, 0.3) is 0 Å². The normalized spacial score (nSPS) is 9.71. The third-order valence-corrected chi connectivity index (χ3v) is 1.25. The Labute approximate surface area is 74.7 Å². The Morgan fingerprint density at radius 1 is 1.21 bits per heavy atom. The van der Waals surface area contributed by atoms with E-state index in [-0.39, 0.29) is 0 Å². The quantitative estimate of drug-likeness (QED) is 0.466. The second-order valence-electron chi connectivity index (χ2n) is 2.14. The highest BCUT2D eigenvalue weighted by Gasteiger charge is 2.23. The number of nitrogen functional groups attached to an aromatic ring is 1. The van der Waals surface area contributed by atoms with Gasteiger partial charge in [0, 0.05) is 4.98 Å². The number of hydrogen-bond donors (Lipinski definition) is 2. The van der Waals surface area contributed by atoms with Crippen molar-refractivity contribution in [1.82, 2.24) is 9.97 Å². The van der Waals surface area contributed by atoms with Crippen LogP contribution in [-0.4, -0.2) is 19.8 Å². The molecule has 0 aromatic carbocycles. The summed E-state index contributed by atoms with van der Waals surface area (Å²) in [5.41, 5.74) is 3.83. The molecule has 74 valence electrons. The number of nitrogens with one attached hydrogen (secondary N) is 1. The van der Waals surface area contributed by atoms with Crippen molar-refractivity contribution in [2.75, 3.05) is 5.73 Å². The Bertz CT molecular complexity index is 464.